The van der Waals surface area contributed by atoms with E-state index in [4.69, 9.17) is 27.9 Å². The molecule has 0 amide bonds. The normalized spacial score (nSPS) is 10.9. The summed E-state index contributed by atoms with van der Waals surface area (Å²) in [6.45, 7) is 2.47. The van der Waals surface area contributed by atoms with Gasteiger partial charge in [-0.05, 0) is 13.0 Å². The third kappa shape index (κ3) is 4.00. The fourth-order valence-electron chi connectivity index (χ4n) is 1.50. The first-order chi connectivity index (χ1) is 9.08. The summed E-state index contributed by atoms with van der Waals surface area (Å²) in [5.74, 6) is -0.144. The predicted molar refractivity (Wildman–Crippen MR) is 80.0 cm³/mol. The fraction of sp³-hybridized carbons (Fsp3) is 0.333. The lowest BCUT2D eigenvalue weighted by atomic mass is 10.2. The molecule has 0 atom stereocenters. The van der Waals surface area contributed by atoms with Crippen molar-refractivity contribution in [2.45, 2.75) is 13.3 Å². The van der Waals surface area contributed by atoms with Gasteiger partial charge >= 0.3 is 0 Å². The van der Waals surface area contributed by atoms with Gasteiger partial charge in [0, 0.05) is 11.3 Å². The first-order valence-electron chi connectivity index (χ1n) is 5.52. The summed E-state index contributed by atoms with van der Waals surface area (Å²) in [7, 11) is 0. The second-order valence-electron chi connectivity index (χ2n) is 3.82. The molecule has 0 saturated carbocycles. The summed E-state index contributed by atoms with van der Waals surface area (Å²) in [5.41, 5.74) is 3.27. The topological polar surface area (TPSA) is 39.2 Å². The number of carbonyl (C=O) groups is 1. The molecule has 0 aliphatic carbocycles. The molecule has 0 fully saturated rings. The van der Waals surface area contributed by atoms with E-state index in [2.05, 4.69) is 4.98 Å². The van der Waals surface area contributed by atoms with Crippen LogP contribution in [0.4, 0.5) is 0 Å². The number of ether oxygens (including phenoxy) is 1. The molecule has 3 nitrogen and oxygen atoms in total. The first-order valence-corrected chi connectivity index (χ1v) is 7.98. The second kappa shape index (κ2) is 6.81. The number of hydrogen-bond donors (Lipinski definition) is 0. The van der Waals surface area contributed by atoms with Gasteiger partial charge in [0.25, 0.3) is 0 Å². The number of halogens is 2. The van der Waals surface area contributed by atoms with E-state index in [-0.39, 0.29) is 12.4 Å². The quantitative estimate of drug-likeness (QED) is 0.584. The fourth-order valence-corrected chi connectivity index (χ4v) is 3.77. The van der Waals surface area contributed by atoms with Gasteiger partial charge in [-0.25, -0.2) is 4.98 Å². The van der Waals surface area contributed by atoms with Gasteiger partial charge in [-0.1, -0.05) is 23.2 Å². The zero-order valence-electron chi connectivity index (χ0n) is 10.1. The molecule has 2 aromatic rings. The molecular formula is C12H11Cl2NO2S2. The van der Waals surface area contributed by atoms with Crippen molar-refractivity contribution in [1.82, 2.24) is 4.98 Å². The molecule has 2 aromatic heterocycles. The maximum atomic E-state index is 11.8. The number of aryl methyl sites for hydroxylation is 1. The van der Waals surface area contributed by atoms with Gasteiger partial charge in [0.1, 0.15) is 10.9 Å². The summed E-state index contributed by atoms with van der Waals surface area (Å²) < 4.78 is 6.30. The number of Topliss-reactive ketones (excluding diaryl/α,β-unsaturated/α-hetero) is 1. The number of nitrogens with zero attached hydrogens (tertiary/aromatic N) is 1. The van der Waals surface area contributed by atoms with Gasteiger partial charge in [-0.15, -0.1) is 22.7 Å². The van der Waals surface area contributed by atoms with E-state index in [9.17, 15) is 4.79 Å². The molecule has 0 N–H and O–H groups in total. The van der Waals surface area contributed by atoms with E-state index < -0.39 is 0 Å². The average Bonchev–Trinajstić information content (AvgIpc) is 2.91. The molecule has 0 unspecified atom stereocenters. The highest BCUT2D eigenvalue weighted by Gasteiger charge is 2.14. The summed E-state index contributed by atoms with van der Waals surface area (Å²) in [5, 5.41) is 0. The van der Waals surface area contributed by atoms with Crippen LogP contribution in [-0.4, -0.2) is 24.0 Å². The highest BCUT2D eigenvalue weighted by Crippen LogP contribution is 2.31. The average molecular weight is 336 g/mol. The number of carbonyl (C=O) groups excluding carboxylic acids is 1. The summed E-state index contributed by atoms with van der Waals surface area (Å²) in [6.07, 6.45) is 0.766. The highest BCUT2D eigenvalue weighted by atomic mass is 35.5. The number of hydrogen-bond acceptors (Lipinski definition) is 5. The lowest BCUT2D eigenvalue weighted by Gasteiger charge is -2.02. The van der Waals surface area contributed by atoms with Gasteiger partial charge in [0.2, 0.25) is 0 Å². The molecule has 0 aliphatic heterocycles. The van der Waals surface area contributed by atoms with E-state index in [0.29, 0.717) is 20.8 Å². The van der Waals surface area contributed by atoms with E-state index in [0.717, 1.165) is 12.1 Å². The van der Waals surface area contributed by atoms with Crippen molar-refractivity contribution in [3.63, 3.8) is 0 Å². The number of rotatable bonds is 6. The molecule has 19 heavy (non-hydrogen) atoms. The Morgan fingerprint density at radius 2 is 2.26 bits per heavy atom. The number of ketones is 1. The highest BCUT2D eigenvalue weighted by molar-refractivity contribution is 7.20. The minimum absolute atomic E-state index is 0.0185. The molecule has 0 saturated heterocycles. The Morgan fingerprint density at radius 1 is 1.47 bits per heavy atom. The Morgan fingerprint density at radius 3 is 2.84 bits per heavy atom. The maximum absolute atomic E-state index is 11.8. The van der Waals surface area contributed by atoms with Crippen molar-refractivity contribution >= 4 is 51.7 Å². The minimum atomic E-state index is -0.144. The van der Waals surface area contributed by atoms with Gasteiger partial charge in [0.05, 0.1) is 27.7 Å². The molecule has 2 rings (SSSR count). The van der Waals surface area contributed by atoms with Crippen LogP contribution in [0.15, 0.2) is 11.6 Å². The minimum Gasteiger partial charge on any atom is -0.373 e. The Bertz CT molecular complexity index is 580. The Labute approximate surface area is 129 Å². The van der Waals surface area contributed by atoms with Crippen LogP contribution in [0.1, 0.15) is 20.9 Å². The van der Waals surface area contributed by atoms with Crippen LogP contribution >= 0.6 is 45.9 Å². The van der Waals surface area contributed by atoms with E-state index in [1.807, 2.05) is 12.4 Å². The number of thiazole rings is 1. The molecule has 0 bridgehead atoms. The Kier molecular flexibility index (Phi) is 5.36. The second-order valence-corrected chi connectivity index (χ2v) is 7.05. The molecule has 102 valence electrons. The van der Waals surface area contributed by atoms with Crippen molar-refractivity contribution in [2.24, 2.45) is 0 Å². The summed E-state index contributed by atoms with van der Waals surface area (Å²) in [6, 6.07) is 1.58. The van der Waals surface area contributed by atoms with Crippen LogP contribution in [0.3, 0.4) is 0 Å². The van der Waals surface area contributed by atoms with Crippen molar-refractivity contribution in [1.29, 1.82) is 0 Å². The molecule has 0 aliphatic rings. The molecule has 7 heteroatoms. The van der Waals surface area contributed by atoms with Crippen molar-refractivity contribution in [2.75, 3.05) is 13.2 Å². The Balaban J connectivity index is 1.78. The monoisotopic (exact) mass is 335 g/mol. The third-order valence-electron chi connectivity index (χ3n) is 2.51. The van der Waals surface area contributed by atoms with Crippen molar-refractivity contribution < 1.29 is 9.53 Å². The number of thiophene rings is 1. The van der Waals surface area contributed by atoms with Crippen LogP contribution < -0.4 is 0 Å². The molecule has 0 spiro atoms. The summed E-state index contributed by atoms with van der Waals surface area (Å²) >= 11 is 14.5. The summed E-state index contributed by atoms with van der Waals surface area (Å²) in [4.78, 5) is 17.2. The zero-order chi connectivity index (χ0) is 13.8. The third-order valence-corrected chi connectivity index (χ3v) is 4.99. The van der Waals surface area contributed by atoms with Gasteiger partial charge in [0.15, 0.2) is 5.78 Å². The van der Waals surface area contributed by atoms with Gasteiger partial charge in [-0.2, -0.15) is 0 Å². The zero-order valence-corrected chi connectivity index (χ0v) is 13.3. The smallest absolute Gasteiger partial charge is 0.190 e. The molecule has 0 radical (unpaired) electrons. The lowest BCUT2D eigenvalue weighted by Crippen LogP contribution is -2.10. The van der Waals surface area contributed by atoms with Crippen molar-refractivity contribution in [3.05, 3.63) is 36.4 Å². The van der Waals surface area contributed by atoms with Gasteiger partial charge in [-0.3, -0.25) is 4.79 Å². The van der Waals surface area contributed by atoms with Crippen molar-refractivity contribution in [3.8, 4) is 0 Å². The lowest BCUT2D eigenvalue weighted by molar-refractivity contribution is 0.0767. The molecule has 2 heterocycles. The van der Waals surface area contributed by atoms with Crippen LogP contribution in [0.5, 0.6) is 0 Å². The van der Waals surface area contributed by atoms with Crippen LogP contribution in [0.2, 0.25) is 8.67 Å². The predicted octanol–water partition coefficient (Wildman–Crippen LogP) is 4.26. The SMILES string of the molecule is Cc1ncsc1CCOCC(=O)c1cc(Cl)sc1Cl. The van der Waals surface area contributed by atoms with Crippen LogP contribution in [-0.2, 0) is 11.2 Å². The largest absolute Gasteiger partial charge is 0.373 e. The Hall–Kier alpha value is -0.460. The first kappa shape index (κ1) is 14.9. The molecular weight excluding hydrogens is 325 g/mol. The standard InChI is InChI=1S/C12H11Cl2NO2S2/c1-7-10(18-6-15-7)2-3-17-5-9(16)8-4-11(13)19-12(8)14/h4,6H,2-3,5H2,1H3. The van der Waals surface area contributed by atoms with Gasteiger partial charge < -0.3 is 4.74 Å². The van der Waals surface area contributed by atoms with E-state index in [1.54, 1.807) is 17.4 Å². The van der Waals surface area contributed by atoms with Crippen LogP contribution in [0, 0.1) is 6.92 Å². The maximum Gasteiger partial charge on any atom is 0.190 e. The molecule has 0 aromatic carbocycles. The van der Waals surface area contributed by atoms with E-state index in [1.165, 1.54) is 16.2 Å². The van der Waals surface area contributed by atoms with Crippen LogP contribution in [0.25, 0.3) is 0 Å². The number of aromatic nitrogens is 1. The van der Waals surface area contributed by atoms with E-state index >= 15 is 0 Å².